The number of carbonyl (C=O) groups excluding carboxylic acids is 1. The number of pyridine rings is 1. The van der Waals surface area contributed by atoms with Gasteiger partial charge in [-0.25, -0.2) is 4.98 Å². The fraction of sp³-hybridized carbons (Fsp3) is 0.435. The molecular weight excluding hydrogens is 362 g/mol. The summed E-state index contributed by atoms with van der Waals surface area (Å²) in [5.74, 6) is 0.998. The number of aromatic amines is 1. The molecule has 29 heavy (non-hydrogen) atoms. The lowest BCUT2D eigenvalue weighted by molar-refractivity contribution is -0.118. The zero-order valence-corrected chi connectivity index (χ0v) is 17.2. The minimum atomic E-state index is 0.0373. The Kier molecular flexibility index (Phi) is 8.19. The molecule has 3 N–H and O–H groups in total. The Labute approximate surface area is 172 Å². The van der Waals surface area contributed by atoms with Crippen LogP contribution in [0.4, 0.5) is 0 Å². The Balaban J connectivity index is 0.000000200. The van der Waals surface area contributed by atoms with Crippen LogP contribution in [0.2, 0.25) is 0 Å². The lowest BCUT2D eigenvalue weighted by Gasteiger charge is -2.12. The molecule has 0 saturated carbocycles. The van der Waals surface area contributed by atoms with Crippen LogP contribution < -0.4 is 10.6 Å². The molecule has 0 radical (unpaired) electrons. The molecule has 0 unspecified atom stereocenters. The number of rotatable bonds is 7. The smallest absolute Gasteiger partial charge is 0.216 e. The number of hydrogen-bond acceptors (Lipinski definition) is 4. The van der Waals surface area contributed by atoms with Gasteiger partial charge in [0.25, 0.3) is 0 Å². The molecule has 0 spiro atoms. The van der Waals surface area contributed by atoms with Gasteiger partial charge in [0, 0.05) is 25.4 Å². The Bertz CT molecular complexity index is 847. The summed E-state index contributed by atoms with van der Waals surface area (Å²) >= 11 is 0. The van der Waals surface area contributed by atoms with E-state index < -0.39 is 0 Å². The van der Waals surface area contributed by atoms with Crippen LogP contribution in [0, 0.1) is 0 Å². The third kappa shape index (κ3) is 6.98. The van der Waals surface area contributed by atoms with E-state index >= 15 is 0 Å². The van der Waals surface area contributed by atoms with Gasteiger partial charge in [-0.1, -0.05) is 18.2 Å². The average molecular weight is 394 g/mol. The topological polar surface area (TPSA) is 82.7 Å². The minimum Gasteiger partial charge on any atom is -0.356 e. The number of nitrogens with one attached hydrogen (secondary N) is 3. The predicted molar refractivity (Wildman–Crippen MR) is 117 cm³/mol. The lowest BCUT2D eigenvalue weighted by atomic mass is 9.96. The zero-order chi connectivity index (χ0) is 20.3. The second-order valence-corrected chi connectivity index (χ2v) is 7.38. The predicted octanol–water partition coefficient (Wildman–Crippen LogP) is 3.53. The van der Waals surface area contributed by atoms with Crippen molar-refractivity contribution >= 4 is 16.9 Å². The second-order valence-electron chi connectivity index (χ2n) is 7.38. The van der Waals surface area contributed by atoms with Gasteiger partial charge in [0.15, 0.2) is 0 Å². The zero-order valence-electron chi connectivity index (χ0n) is 17.2. The van der Waals surface area contributed by atoms with Crippen LogP contribution in [0.15, 0.2) is 42.6 Å². The van der Waals surface area contributed by atoms with Crippen LogP contribution in [0.5, 0.6) is 0 Å². The Morgan fingerprint density at radius 2 is 1.90 bits per heavy atom. The summed E-state index contributed by atoms with van der Waals surface area (Å²) in [6, 6.07) is 12.2. The fourth-order valence-electron chi connectivity index (χ4n) is 3.47. The maximum atomic E-state index is 10.7. The fourth-order valence-corrected chi connectivity index (χ4v) is 3.47. The van der Waals surface area contributed by atoms with Gasteiger partial charge in [-0.05, 0) is 68.8 Å². The van der Waals surface area contributed by atoms with E-state index in [2.05, 4.69) is 31.7 Å². The first kappa shape index (κ1) is 21.0. The Morgan fingerprint density at radius 1 is 1.07 bits per heavy atom. The van der Waals surface area contributed by atoms with Crippen molar-refractivity contribution in [3.8, 4) is 0 Å². The highest BCUT2D eigenvalue weighted by molar-refractivity contribution is 5.74. The third-order valence-corrected chi connectivity index (χ3v) is 4.98. The van der Waals surface area contributed by atoms with Gasteiger partial charge in [-0.15, -0.1) is 0 Å². The van der Waals surface area contributed by atoms with Crippen molar-refractivity contribution in [3.05, 3.63) is 59.7 Å². The van der Waals surface area contributed by atoms with Gasteiger partial charge in [-0.3, -0.25) is 9.78 Å². The molecule has 1 aromatic carbocycles. The highest BCUT2D eigenvalue weighted by Gasteiger charge is 2.07. The molecule has 0 aliphatic heterocycles. The molecule has 4 rings (SSSR count). The number of amides is 1. The molecule has 2 aromatic heterocycles. The van der Waals surface area contributed by atoms with E-state index in [1.54, 1.807) is 6.92 Å². The largest absolute Gasteiger partial charge is 0.356 e. The van der Waals surface area contributed by atoms with E-state index in [-0.39, 0.29) is 5.91 Å². The summed E-state index contributed by atoms with van der Waals surface area (Å²) in [5.41, 5.74) is 4.87. The number of fused-ring (bicyclic) bond motifs is 2. The van der Waals surface area contributed by atoms with Crippen molar-refractivity contribution in [2.24, 2.45) is 0 Å². The number of imidazole rings is 1. The van der Waals surface area contributed by atoms with Crippen LogP contribution >= 0.6 is 0 Å². The van der Waals surface area contributed by atoms with Gasteiger partial charge >= 0.3 is 0 Å². The van der Waals surface area contributed by atoms with Gasteiger partial charge in [-0.2, -0.15) is 0 Å². The monoisotopic (exact) mass is 393 g/mol. The number of para-hydroxylation sites is 2. The summed E-state index contributed by atoms with van der Waals surface area (Å²) in [5, 5.41) is 6.13. The minimum absolute atomic E-state index is 0.0373. The molecule has 0 atom stereocenters. The molecule has 1 amide bonds. The van der Waals surface area contributed by atoms with E-state index in [1.807, 2.05) is 36.5 Å². The third-order valence-electron chi connectivity index (χ3n) is 4.98. The van der Waals surface area contributed by atoms with Crippen LogP contribution in [0.3, 0.4) is 0 Å². The van der Waals surface area contributed by atoms with Crippen LogP contribution in [0.1, 0.15) is 49.7 Å². The van der Waals surface area contributed by atoms with Crippen molar-refractivity contribution < 1.29 is 4.79 Å². The Hall–Kier alpha value is -2.73. The van der Waals surface area contributed by atoms with Gasteiger partial charge < -0.3 is 15.6 Å². The SMILES string of the molecule is CC(=O)NCCCCNCc1nc2ccccc2[nH]1.c1cnc2c(c1)CCCC2. The lowest BCUT2D eigenvalue weighted by Crippen LogP contribution is -2.22. The standard InChI is InChI=1S/C14H20N4O.C9H11N/c1-11(19)16-9-5-4-8-15-10-14-17-12-6-2-3-7-13(12)18-14;1-2-6-9-8(4-1)5-3-7-10-9/h2-3,6-7,15H,4-5,8-10H2,1H3,(H,16,19)(H,17,18);3,5,7H,1-2,4,6H2. The van der Waals surface area contributed by atoms with Crippen molar-refractivity contribution in [1.29, 1.82) is 0 Å². The number of nitrogens with zero attached hydrogens (tertiary/aromatic N) is 2. The molecule has 1 aliphatic rings. The molecule has 0 saturated heterocycles. The number of hydrogen-bond donors (Lipinski definition) is 3. The maximum Gasteiger partial charge on any atom is 0.216 e. The highest BCUT2D eigenvalue weighted by Crippen LogP contribution is 2.17. The number of carbonyl (C=O) groups is 1. The van der Waals surface area contributed by atoms with Crippen LogP contribution in [-0.4, -0.2) is 33.9 Å². The molecular formula is C23H31N5O. The first-order valence-corrected chi connectivity index (χ1v) is 10.5. The molecule has 0 fully saturated rings. The maximum absolute atomic E-state index is 10.7. The summed E-state index contributed by atoms with van der Waals surface area (Å²) in [7, 11) is 0. The number of unbranched alkanes of at least 4 members (excludes halogenated alkanes) is 1. The van der Waals surface area contributed by atoms with E-state index in [9.17, 15) is 4.79 Å². The van der Waals surface area contributed by atoms with E-state index in [0.717, 1.165) is 49.3 Å². The van der Waals surface area contributed by atoms with Gasteiger partial charge in [0.05, 0.1) is 17.6 Å². The first-order chi connectivity index (χ1) is 14.2. The molecule has 6 heteroatoms. The average Bonchev–Trinajstić information content (AvgIpc) is 3.16. The number of H-pyrrole nitrogens is 1. The van der Waals surface area contributed by atoms with Crippen molar-refractivity contribution in [1.82, 2.24) is 25.6 Å². The van der Waals surface area contributed by atoms with Crippen molar-refractivity contribution in [2.75, 3.05) is 13.1 Å². The van der Waals surface area contributed by atoms with Gasteiger partial charge in [0.2, 0.25) is 5.91 Å². The second kappa shape index (κ2) is 11.3. The number of aryl methyl sites for hydroxylation is 2. The first-order valence-electron chi connectivity index (χ1n) is 10.5. The van der Waals surface area contributed by atoms with Crippen molar-refractivity contribution in [2.45, 2.75) is 52.0 Å². The molecule has 2 heterocycles. The highest BCUT2D eigenvalue weighted by atomic mass is 16.1. The van der Waals surface area contributed by atoms with Gasteiger partial charge in [0.1, 0.15) is 5.82 Å². The van der Waals surface area contributed by atoms with E-state index in [1.165, 1.54) is 36.9 Å². The Morgan fingerprint density at radius 3 is 2.72 bits per heavy atom. The molecule has 6 nitrogen and oxygen atoms in total. The van der Waals surface area contributed by atoms with Crippen molar-refractivity contribution in [3.63, 3.8) is 0 Å². The molecule has 0 bridgehead atoms. The summed E-state index contributed by atoms with van der Waals surface area (Å²) in [6.45, 7) is 3.97. The summed E-state index contributed by atoms with van der Waals surface area (Å²) < 4.78 is 0. The van der Waals surface area contributed by atoms with Crippen LogP contribution in [-0.2, 0) is 24.2 Å². The normalized spacial score (nSPS) is 12.7. The molecule has 154 valence electrons. The summed E-state index contributed by atoms with van der Waals surface area (Å²) in [4.78, 5) is 22.8. The van der Waals surface area contributed by atoms with Crippen LogP contribution in [0.25, 0.3) is 11.0 Å². The number of benzene rings is 1. The number of aromatic nitrogens is 3. The summed E-state index contributed by atoms with van der Waals surface area (Å²) in [6.07, 6.45) is 9.03. The molecule has 3 aromatic rings. The quantitative estimate of drug-likeness (QED) is 0.536. The van der Waals surface area contributed by atoms with E-state index in [4.69, 9.17) is 0 Å². The van der Waals surface area contributed by atoms with E-state index in [0.29, 0.717) is 0 Å². The molecule has 1 aliphatic carbocycles.